The van der Waals surface area contributed by atoms with Crippen LogP contribution in [0.25, 0.3) is 0 Å². The number of imidazole rings is 1. The van der Waals surface area contributed by atoms with Gasteiger partial charge in [0.1, 0.15) is 5.82 Å². The zero-order valence-electron chi connectivity index (χ0n) is 8.80. The first-order chi connectivity index (χ1) is 7.66. The quantitative estimate of drug-likeness (QED) is 0.632. The molecule has 2 aromatic rings. The molecule has 0 amide bonds. The third-order valence-corrected chi connectivity index (χ3v) is 2.31. The third-order valence-electron chi connectivity index (χ3n) is 2.31. The highest BCUT2D eigenvalue weighted by Gasteiger charge is 2.13. The summed E-state index contributed by atoms with van der Waals surface area (Å²) < 4.78 is 0. The lowest BCUT2D eigenvalue weighted by atomic mass is 10.1. The van der Waals surface area contributed by atoms with E-state index in [0.29, 0.717) is 12.0 Å². The van der Waals surface area contributed by atoms with E-state index in [4.69, 9.17) is 0 Å². The summed E-state index contributed by atoms with van der Waals surface area (Å²) in [6.45, 7) is 1.87. The number of aromatic amines is 1. The van der Waals surface area contributed by atoms with Crippen molar-refractivity contribution in [3.05, 3.63) is 57.7 Å². The fraction of sp³-hybridized carbons (Fsp3) is 0.182. The number of aromatic nitrogens is 2. The third kappa shape index (κ3) is 2.08. The van der Waals surface area contributed by atoms with E-state index in [0.717, 1.165) is 11.5 Å². The largest absolute Gasteiger partial charge is 0.348 e. The number of nitrogens with one attached hydrogen (secondary N) is 1. The topological polar surface area (TPSA) is 71.8 Å². The standard InChI is InChI=1S/C11H11N3O2/c1-8-7-12-11(13-8)6-9-4-2-3-5-10(9)14(15)16/h2-5,7H,6H2,1H3,(H,12,13). The van der Waals surface area contributed by atoms with Crippen molar-refractivity contribution in [3.8, 4) is 0 Å². The van der Waals surface area contributed by atoms with E-state index in [1.165, 1.54) is 6.07 Å². The molecule has 82 valence electrons. The maximum atomic E-state index is 10.8. The van der Waals surface area contributed by atoms with Crippen LogP contribution in [0.3, 0.4) is 0 Å². The molecule has 5 nitrogen and oxygen atoms in total. The van der Waals surface area contributed by atoms with Crippen molar-refractivity contribution in [1.82, 2.24) is 9.97 Å². The second-order valence-corrected chi connectivity index (χ2v) is 3.55. The molecule has 0 saturated carbocycles. The van der Waals surface area contributed by atoms with Crippen LogP contribution in [-0.2, 0) is 6.42 Å². The highest BCUT2D eigenvalue weighted by molar-refractivity contribution is 5.41. The minimum absolute atomic E-state index is 0.136. The second-order valence-electron chi connectivity index (χ2n) is 3.55. The molecule has 5 heteroatoms. The first-order valence-electron chi connectivity index (χ1n) is 4.90. The van der Waals surface area contributed by atoms with Gasteiger partial charge in [0.2, 0.25) is 0 Å². The van der Waals surface area contributed by atoms with Crippen LogP contribution in [0.2, 0.25) is 0 Å². The molecule has 2 rings (SSSR count). The molecule has 0 bridgehead atoms. The lowest BCUT2D eigenvalue weighted by Crippen LogP contribution is -1.97. The van der Waals surface area contributed by atoms with Crippen LogP contribution in [0.5, 0.6) is 0 Å². The van der Waals surface area contributed by atoms with Crippen molar-refractivity contribution in [3.63, 3.8) is 0 Å². The van der Waals surface area contributed by atoms with Gasteiger partial charge in [0, 0.05) is 24.2 Å². The first-order valence-corrected chi connectivity index (χ1v) is 4.90. The molecule has 0 fully saturated rings. The molecular weight excluding hydrogens is 206 g/mol. The van der Waals surface area contributed by atoms with Gasteiger partial charge in [-0.05, 0) is 6.92 Å². The molecule has 16 heavy (non-hydrogen) atoms. The van der Waals surface area contributed by atoms with Gasteiger partial charge < -0.3 is 4.98 Å². The highest BCUT2D eigenvalue weighted by atomic mass is 16.6. The Bertz CT molecular complexity index is 519. The molecule has 0 spiro atoms. The number of rotatable bonds is 3. The number of nitrogens with zero attached hydrogens (tertiary/aromatic N) is 2. The van der Waals surface area contributed by atoms with Gasteiger partial charge in [-0.1, -0.05) is 18.2 Å². The van der Waals surface area contributed by atoms with Crippen molar-refractivity contribution in [1.29, 1.82) is 0 Å². The molecule has 0 saturated heterocycles. The fourth-order valence-corrected chi connectivity index (χ4v) is 1.57. The Morgan fingerprint density at radius 1 is 1.44 bits per heavy atom. The number of para-hydroxylation sites is 1. The number of hydrogen-bond donors (Lipinski definition) is 1. The molecule has 1 heterocycles. The Morgan fingerprint density at radius 3 is 2.81 bits per heavy atom. The van der Waals surface area contributed by atoms with Crippen LogP contribution in [0, 0.1) is 17.0 Å². The van der Waals surface area contributed by atoms with E-state index >= 15 is 0 Å². The lowest BCUT2D eigenvalue weighted by Gasteiger charge is -1.99. The average molecular weight is 217 g/mol. The van der Waals surface area contributed by atoms with E-state index in [-0.39, 0.29) is 10.6 Å². The fourth-order valence-electron chi connectivity index (χ4n) is 1.57. The molecule has 0 aliphatic heterocycles. The number of benzene rings is 1. The van der Waals surface area contributed by atoms with Crippen LogP contribution >= 0.6 is 0 Å². The number of nitro benzene ring substituents is 1. The minimum Gasteiger partial charge on any atom is -0.348 e. The number of hydrogen-bond acceptors (Lipinski definition) is 3. The Kier molecular flexibility index (Phi) is 2.68. The molecule has 0 aliphatic carbocycles. The normalized spacial score (nSPS) is 10.3. The maximum absolute atomic E-state index is 10.8. The van der Waals surface area contributed by atoms with Gasteiger partial charge in [-0.3, -0.25) is 10.1 Å². The first kappa shape index (κ1) is 10.4. The van der Waals surface area contributed by atoms with E-state index in [2.05, 4.69) is 9.97 Å². The molecule has 0 unspecified atom stereocenters. The predicted molar refractivity (Wildman–Crippen MR) is 59.2 cm³/mol. The van der Waals surface area contributed by atoms with Gasteiger partial charge in [0.15, 0.2) is 0 Å². The Hall–Kier alpha value is -2.17. The van der Waals surface area contributed by atoms with E-state index in [1.807, 2.05) is 6.92 Å². The second kappa shape index (κ2) is 4.14. The van der Waals surface area contributed by atoms with Crippen molar-refractivity contribution in [2.45, 2.75) is 13.3 Å². The zero-order chi connectivity index (χ0) is 11.5. The van der Waals surface area contributed by atoms with Gasteiger partial charge in [0.25, 0.3) is 5.69 Å². The van der Waals surface area contributed by atoms with Crippen molar-refractivity contribution in [2.24, 2.45) is 0 Å². The summed E-state index contributed by atoms with van der Waals surface area (Å²) in [5.41, 5.74) is 1.69. The van der Waals surface area contributed by atoms with Gasteiger partial charge in [-0.15, -0.1) is 0 Å². The lowest BCUT2D eigenvalue weighted by molar-refractivity contribution is -0.385. The summed E-state index contributed by atoms with van der Waals surface area (Å²) in [5.74, 6) is 0.742. The number of aryl methyl sites for hydroxylation is 1. The Labute approximate surface area is 92.3 Å². The molecular formula is C11H11N3O2. The summed E-state index contributed by atoms with van der Waals surface area (Å²) in [5, 5.41) is 10.8. The van der Waals surface area contributed by atoms with Crippen LogP contribution in [-0.4, -0.2) is 14.9 Å². The van der Waals surface area contributed by atoms with Crippen LogP contribution in [0.15, 0.2) is 30.5 Å². The minimum atomic E-state index is -0.370. The van der Waals surface area contributed by atoms with E-state index in [9.17, 15) is 10.1 Å². The van der Waals surface area contributed by atoms with Gasteiger partial charge in [-0.2, -0.15) is 0 Å². The average Bonchev–Trinajstić information content (AvgIpc) is 2.64. The van der Waals surface area contributed by atoms with Crippen LogP contribution < -0.4 is 0 Å². The SMILES string of the molecule is Cc1c[nH]c(Cc2ccccc2[N+](=O)[O-])n1. The smallest absolute Gasteiger partial charge is 0.273 e. The molecule has 0 atom stereocenters. The van der Waals surface area contributed by atoms with Crippen molar-refractivity contribution >= 4 is 5.69 Å². The molecule has 0 radical (unpaired) electrons. The predicted octanol–water partition coefficient (Wildman–Crippen LogP) is 2.22. The summed E-state index contributed by atoms with van der Waals surface area (Å²) >= 11 is 0. The van der Waals surface area contributed by atoms with Crippen LogP contribution in [0.1, 0.15) is 17.1 Å². The molecule has 1 aromatic carbocycles. The maximum Gasteiger partial charge on any atom is 0.273 e. The van der Waals surface area contributed by atoms with E-state index < -0.39 is 0 Å². The monoisotopic (exact) mass is 217 g/mol. The van der Waals surface area contributed by atoms with Crippen molar-refractivity contribution in [2.75, 3.05) is 0 Å². The van der Waals surface area contributed by atoms with Gasteiger partial charge in [0.05, 0.1) is 10.6 Å². The summed E-state index contributed by atoms with van der Waals surface area (Å²) in [6, 6.07) is 6.70. The van der Waals surface area contributed by atoms with Gasteiger partial charge in [-0.25, -0.2) is 4.98 Å². The number of H-pyrrole nitrogens is 1. The molecule has 1 N–H and O–H groups in total. The number of nitro groups is 1. The summed E-state index contributed by atoms with van der Waals surface area (Å²) in [7, 11) is 0. The summed E-state index contributed by atoms with van der Waals surface area (Å²) in [6.07, 6.45) is 2.23. The summed E-state index contributed by atoms with van der Waals surface area (Å²) in [4.78, 5) is 17.6. The van der Waals surface area contributed by atoms with Crippen molar-refractivity contribution < 1.29 is 4.92 Å². The van der Waals surface area contributed by atoms with E-state index in [1.54, 1.807) is 24.4 Å². The van der Waals surface area contributed by atoms with Crippen LogP contribution in [0.4, 0.5) is 5.69 Å². The molecule has 0 aliphatic rings. The Morgan fingerprint density at radius 2 is 2.19 bits per heavy atom. The molecule has 1 aromatic heterocycles. The Balaban J connectivity index is 2.31. The van der Waals surface area contributed by atoms with Gasteiger partial charge >= 0.3 is 0 Å². The zero-order valence-corrected chi connectivity index (χ0v) is 8.80. The highest BCUT2D eigenvalue weighted by Crippen LogP contribution is 2.19.